The van der Waals surface area contributed by atoms with Crippen LogP contribution in [-0.2, 0) is 29.0 Å². The van der Waals surface area contributed by atoms with Crippen molar-refractivity contribution in [2.75, 3.05) is 11.9 Å². The summed E-state index contributed by atoms with van der Waals surface area (Å²) in [7, 11) is 0. The maximum Gasteiger partial charge on any atom is 0.226 e. The first-order valence-corrected chi connectivity index (χ1v) is 9.10. The quantitative estimate of drug-likeness (QED) is 0.789. The van der Waals surface area contributed by atoms with E-state index >= 15 is 0 Å². The van der Waals surface area contributed by atoms with Crippen molar-refractivity contribution in [1.29, 1.82) is 0 Å². The van der Waals surface area contributed by atoms with Gasteiger partial charge in [0.25, 0.3) is 0 Å². The largest absolute Gasteiger partial charge is 0.338 e. The number of hydrogen-bond donors (Lipinski definition) is 1. The molecular weight excluding hydrogens is 326 g/mol. The van der Waals surface area contributed by atoms with Gasteiger partial charge in [0.2, 0.25) is 11.8 Å². The van der Waals surface area contributed by atoms with Crippen LogP contribution in [-0.4, -0.2) is 28.2 Å². The summed E-state index contributed by atoms with van der Waals surface area (Å²) in [5, 5.41) is 3.05. The number of aromatic nitrogens is 1. The predicted octanol–water partition coefficient (Wildman–Crippen LogP) is 3.58. The van der Waals surface area contributed by atoms with Crippen molar-refractivity contribution >= 4 is 17.5 Å². The fraction of sp³-hybridized carbons (Fsp3) is 0.381. The molecule has 2 aromatic rings. The summed E-state index contributed by atoms with van der Waals surface area (Å²) in [5.41, 5.74) is 4.20. The molecule has 0 saturated carbocycles. The maximum atomic E-state index is 12.5. The van der Waals surface area contributed by atoms with Crippen molar-refractivity contribution in [3.05, 3.63) is 59.4 Å². The molecule has 0 spiro atoms. The summed E-state index contributed by atoms with van der Waals surface area (Å²) in [6, 6.07) is 9.86. The number of anilines is 1. The lowest BCUT2D eigenvalue weighted by Crippen LogP contribution is -2.31. The Balaban J connectivity index is 2.00. The van der Waals surface area contributed by atoms with E-state index in [0.717, 1.165) is 35.2 Å². The number of amides is 2. The number of para-hydroxylation sites is 1. The smallest absolute Gasteiger partial charge is 0.226 e. The van der Waals surface area contributed by atoms with Gasteiger partial charge in [0.05, 0.1) is 0 Å². The van der Waals surface area contributed by atoms with Crippen LogP contribution in [0.5, 0.6) is 0 Å². The van der Waals surface area contributed by atoms with E-state index in [-0.39, 0.29) is 18.2 Å². The highest BCUT2D eigenvalue weighted by Gasteiger charge is 2.14. The average molecular weight is 353 g/mol. The highest BCUT2D eigenvalue weighted by atomic mass is 16.2. The maximum absolute atomic E-state index is 12.5. The SMILES string of the molecule is CCc1cccc(CC)c1NC(=O)CCN(Cc1ccncc1)C(C)=O. The first-order chi connectivity index (χ1) is 12.5. The van der Waals surface area contributed by atoms with E-state index in [1.807, 2.05) is 30.3 Å². The molecule has 0 radical (unpaired) electrons. The highest BCUT2D eigenvalue weighted by molar-refractivity contribution is 5.92. The Bertz CT molecular complexity index is 722. The molecule has 2 amide bonds. The van der Waals surface area contributed by atoms with E-state index in [9.17, 15) is 9.59 Å². The third-order valence-electron chi connectivity index (χ3n) is 4.44. The monoisotopic (exact) mass is 353 g/mol. The number of rotatable bonds is 8. The van der Waals surface area contributed by atoms with Crippen LogP contribution in [0.3, 0.4) is 0 Å². The second-order valence-electron chi connectivity index (χ2n) is 6.25. The van der Waals surface area contributed by atoms with E-state index in [1.165, 1.54) is 6.92 Å². The van der Waals surface area contributed by atoms with Crippen molar-refractivity contribution in [3.8, 4) is 0 Å². The molecular formula is C21H27N3O2. The summed E-state index contributed by atoms with van der Waals surface area (Å²) in [6.45, 7) is 6.56. The van der Waals surface area contributed by atoms with Gasteiger partial charge in [-0.15, -0.1) is 0 Å². The molecule has 2 rings (SSSR count). The summed E-state index contributed by atoms with van der Waals surface area (Å²) < 4.78 is 0. The number of carbonyl (C=O) groups is 2. The minimum Gasteiger partial charge on any atom is -0.338 e. The van der Waals surface area contributed by atoms with Gasteiger partial charge in [0, 0.05) is 44.5 Å². The second kappa shape index (κ2) is 9.70. The Morgan fingerprint density at radius 1 is 1.04 bits per heavy atom. The van der Waals surface area contributed by atoms with E-state index in [2.05, 4.69) is 24.1 Å². The van der Waals surface area contributed by atoms with Gasteiger partial charge >= 0.3 is 0 Å². The topological polar surface area (TPSA) is 62.3 Å². The fourth-order valence-electron chi connectivity index (χ4n) is 2.90. The molecule has 0 aliphatic heterocycles. The number of carbonyl (C=O) groups excluding carboxylic acids is 2. The van der Waals surface area contributed by atoms with Crippen LogP contribution in [0, 0.1) is 0 Å². The molecule has 5 heteroatoms. The molecule has 0 fully saturated rings. The summed E-state index contributed by atoms with van der Waals surface area (Å²) in [6.07, 6.45) is 5.41. The first kappa shape index (κ1) is 19.6. The lowest BCUT2D eigenvalue weighted by atomic mass is 10.0. The first-order valence-electron chi connectivity index (χ1n) is 9.10. The van der Waals surface area contributed by atoms with Crippen LogP contribution in [0.4, 0.5) is 5.69 Å². The van der Waals surface area contributed by atoms with Crippen molar-refractivity contribution in [2.24, 2.45) is 0 Å². The van der Waals surface area contributed by atoms with Gasteiger partial charge < -0.3 is 10.2 Å². The number of nitrogens with zero attached hydrogens (tertiary/aromatic N) is 2. The molecule has 138 valence electrons. The predicted molar refractivity (Wildman–Crippen MR) is 104 cm³/mol. The van der Waals surface area contributed by atoms with Crippen LogP contribution in [0.15, 0.2) is 42.7 Å². The minimum absolute atomic E-state index is 0.0437. The zero-order valence-corrected chi connectivity index (χ0v) is 15.8. The Labute approximate surface area is 155 Å². The van der Waals surface area contributed by atoms with Crippen LogP contribution in [0.1, 0.15) is 43.9 Å². The van der Waals surface area contributed by atoms with Crippen LogP contribution >= 0.6 is 0 Å². The zero-order chi connectivity index (χ0) is 18.9. The van der Waals surface area contributed by atoms with Crippen LogP contribution in [0.2, 0.25) is 0 Å². The van der Waals surface area contributed by atoms with E-state index in [1.54, 1.807) is 17.3 Å². The van der Waals surface area contributed by atoms with Gasteiger partial charge in [-0.1, -0.05) is 32.0 Å². The highest BCUT2D eigenvalue weighted by Crippen LogP contribution is 2.22. The summed E-state index contributed by atoms with van der Waals surface area (Å²) in [4.78, 5) is 30.0. The van der Waals surface area contributed by atoms with Crippen molar-refractivity contribution in [2.45, 2.75) is 46.6 Å². The number of nitrogens with one attached hydrogen (secondary N) is 1. The van der Waals surface area contributed by atoms with Crippen LogP contribution < -0.4 is 5.32 Å². The molecule has 0 aliphatic carbocycles. The number of benzene rings is 1. The number of aryl methyl sites for hydroxylation is 2. The standard InChI is InChI=1S/C21H27N3O2/c1-4-18-7-6-8-19(5-2)21(18)23-20(26)11-14-24(16(3)25)15-17-9-12-22-13-10-17/h6-10,12-13H,4-5,11,14-15H2,1-3H3,(H,23,26). The van der Waals surface area contributed by atoms with Crippen molar-refractivity contribution < 1.29 is 9.59 Å². The Kier molecular flexibility index (Phi) is 7.33. The molecule has 5 nitrogen and oxygen atoms in total. The third kappa shape index (κ3) is 5.41. The lowest BCUT2D eigenvalue weighted by molar-refractivity contribution is -0.129. The molecule has 1 aromatic carbocycles. The van der Waals surface area contributed by atoms with Gasteiger partial charge in [-0.05, 0) is 41.7 Å². The minimum atomic E-state index is -0.0680. The fourth-order valence-corrected chi connectivity index (χ4v) is 2.90. The molecule has 0 bridgehead atoms. The van der Waals surface area contributed by atoms with Gasteiger partial charge in [-0.25, -0.2) is 0 Å². The van der Waals surface area contributed by atoms with Gasteiger partial charge in [0.15, 0.2) is 0 Å². The van der Waals surface area contributed by atoms with Crippen molar-refractivity contribution in [3.63, 3.8) is 0 Å². The van der Waals surface area contributed by atoms with Gasteiger partial charge in [0.1, 0.15) is 0 Å². The summed E-state index contributed by atoms with van der Waals surface area (Å²) >= 11 is 0. The molecule has 0 atom stereocenters. The Hall–Kier alpha value is -2.69. The summed E-state index contributed by atoms with van der Waals surface area (Å²) in [5.74, 6) is -0.112. The zero-order valence-electron chi connectivity index (χ0n) is 15.8. The molecule has 0 saturated heterocycles. The lowest BCUT2D eigenvalue weighted by Gasteiger charge is -2.21. The second-order valence-corrected chi connectivity index (χ2v) is 6.25. The van der Waals surface area contributed by atoms with Crippen LogP contribution in [0.25, 0.3) is 0 Å². The third-order valence-corrected chi connectivity index (χ3v) is 4.44. The van der Waals surface area contributed by atoms with E-state index < -0.39 is 0 Å². The molecule has 26 heavy (non-hydrogen) atoms. The molecule has 1 N–H and O–H groups in total. The molecule has 1 heterocycles. The number of hydrogen-bond acceptors (Lipinski definition) is 3. The van der Waals surface area contributed by atoms with Gasteiger partial charge in [-0.2, -0.15) is 0 Å². The average Bonchev–Trinajstić information content (AvgIpc) is 2.65. The molecule has 1 aromatic heterocycles. The van der Waals surface area contributed by atoms with E-state index in [4.69, 9.17) is 0 Å². The normalized spacial score (nSPS) is 10.4. The molecule has 0 aliphatic rings. The van der Waals surface area contributed by atoms with E-state index in [0.29, 0.717) is 13.1 Å². The number of pyridine rings is 1. The molecule has 0 unspecified atom stereocenters. The Morgan fingerprint density at radius 3 is 2.19 bits per heavy atom. The Morgan fingerprint density at radius 2 is 1.65 bits per heavy atom. The van der Waals surface area contributed by atoms with Crippen molar-refractivity contribution in [1.82, 2.24) is 9.88 Å². The van der Waals surface area contributed by atoms with Gasteiger partial charge in [-0.3, -0.25) is 14.6 Å².